The van der Waals surface area contributed by atoms with Crippen LogP contribution in [0, 0.1) is 6.92 Å². The average molecular weight is 436 g/mol. The fourth-order valence-electron chi connectivity index (χ4n) is 3.71. The zero-order valence-corrected chi connectivity index (χ0v) is 18.6. The second kappa shape index (κ2) is 9.22. The molecule has 2 aromatic heterocycles. The van der Waals surface area contributed by atoms with Crippen molar-refractivity contribution in [1.82, 2.24) is 15.3 Å². The molecule has 0 aliphatic rings. The smallest absolute Gasteiger partial charge is 0.263 e. The molecule has 2 aromatic carbocycles. The van der Waals surface area contributed by atoms with E-state index in [0.717, 1.165) is 27.0 Å². The van der Waals surface area contributed by atoms with Crippen LogP contribution >= 0.6 is 11.3 Å². The first-order valence-corrected chi connectivity index (χ1v) is 11.0. The summed E-state index contributed by atoms with van der Waals surface area (Å²) in [5, 5.41) is 5.08. The first-order valence-electron chi connectivity index (χ1n) is 10.2. The topological polar surface area (TPSA) is 76.2 Å². The van der Waals surface area contributed by atoms with Crippen LogP contribution in [0.2, 0.25) is 0 Å². The van der Waals surface area contributed by atoms with Gasteiger partial charge in [0.25, 0.3) is 5.91 Å². The third-order valence-corrected chi connectivity index (χ3v) is 6.11. The Morgan fingerprint density at radius 3 is 2.81 bits per heavy atom. The summed E-state index contributed by atoms with van der Waals surface area (Å²) in [6, 6.07) is 14.1. The monoisotopic (exact) mass is 435 g/mol. The van der Waals surface area contributed by atoms with Gasteiger partial charge in [0.1, 0.15) is 4.88 Å². The van der Waals surface area contributed by atoms with Crippen LogP contribution in [0.3, 0.4) is 0 Å². The number of aromatic amines is 1. The lowest BCUT2D eigenvalue weighted by Gasteiger charge is -2.20. The van der Waals surface area contributed by atoms with Gasteiger partial charge in [0.05, 0.1) is 24.9 Å². The molecule has 0 aliphatic heterocycles. The fourth-order valence-corrected chi connectivity index (χ4v) is 4.41. The lowest BCUT2D eigenvalue weighted by molar-refractivity contribution is 0.0956. The molecule has 0 saturated carbocycles. The summed E-state index contributed by atoms with van der Waals surface area (Å²) in [5.74, 6) is 1.19. The van der Waals surface area contributed by atoms with Gasteiger partial charge in [-0.2, -0.15) is 0 Å². The number of ether oxygens (including phenoxy) is 2. The zero-order valence-electron chi connectivity index (χ0n) is 17.8. The minimum Gasteiger partial charge on any atom is -0.493 e. The van der Waals surface area contributed by atoms with Gasteiger partial charge in [-0.05, 0) is 43.2 Å². The number of amides is 1. The van der Waals surface area contributed by atoms with Crippen molar-refractivity contribution in [2.75, 3.05) is 20.3 Å². The second-order valence-electron chi connectivity index (χ2n) is 7.14. The van der Waals surface area contributed by atoms with Crippen molar-refractivity contribution in [3.05, 3.63) is 75.9 Å². The average Bonchev–Trinajstić information content (AvgIpc) is 3.41. The van der Waals surface area contributed by atoms with Gasteiger partial charge in [0, 0.05) is 29.6 Å². The van der Waals surface area contributed by atoms with Gasteiger partial charge in [-0.3, -0.25) is 4.79 Å². The van der Waals surface area contributed by atoms with Crippen LogP contribution in [0.4, 0.5) is 0 Å². The standard InChI is InChI=1S/C24H25N3O3S/c1-4-30-21-10-9-16(11-22(21)29-3)18(12-27-24(28)23-14-25-15(2)31-23)19-13-26-20-8-6-5-7-17(19)20/h5-11,13-14,18,26H,4,12H2,1-3H3,(H,27,28). The van der Waals surface area contributed by atoms with Gasteiger partial charge in [-0.15, -0.1) is 11.3 Å². The number of hydrogen-bond acceptors (Lipinski definition) is 5. The number of methoxy groups -OCH3 is 1. The van der Waals surface area contributed by atoms with Crippen molar-refractivity contribution >= 4 is 28.1 Å². The van der Waals surface area contributed by atoms with Crippen LogP contribution in [0.1, 0.15) is 38.6 Å². The predicted octanol–water partition coefficient (Wildman–Crippen LogP) is 4.90. The number of aryl methyl sites for hydroxylation is 1. The number of carbonyl (C=O) groups is 1. The Balaban J connectivity index is 1.70. The third-order valence-electron chi connectivity index (χ3n) is 5.20. The molecule has 0 spiro atoms. The first kappa shape index (κ1) is 20.9. The van der Waals surface area contributed by atoms with Crippen molar-refractivity contribution < 1.29 is 14.3 Å². The van der Waals surface area contributed by atoms with Crippen LogP contribution < -0.4 is 14.8 Å². The Hall–Kier alpha value is -3.32. The number of nitrogens with zero attached hydrogens (tertiary/aromatic N) is 1. The summed E-state index contributed by atoms with van der Waals surface area (Å²) < 4.78 is 11.2. The van der Waals surface area contributed by atoms with E-state index in [1.807, 2.05) is 56.4 Å². The molecule has 0 fully saturated rings. The highest BCUT2D eigenvalue weighted by Gasteiger charge is 2.21. The van der Waals surface area contributed by atoms with E-state index in [1.165, 1.54) is 11.3 Å². The number of carbonyl (C=O) groups excluding carboxylic acids is 1. The third kappa shape index (κ3) is 4.41. The summed E-state index contributed by atoms with van der Waals surface area (Å²) in [6.45, 7) is 4.84. The van der Waals surface area contributed by atoms with Crippen molar-refractivity contribution in [2.45, 2.75) is 19.8 Å². The van der Waals surface area contributed by atoms with E-state index in [9.17, 15) is 4.79 Å². The summed E-state index contributed by atoms with van der Waals surface area (Å²) in [7, 11) is 1.64. The summed E-state index contributed by atoms with van der Waals surface area (Å²) >= 11 is 1.39. The van der Waals surface area contributed by atoms with Crippen molar-refractivity contribution in [2.24, 2.45) is 0 Å². The number of thiazole rings is 1. The SMILES string of the molecule is CCOc1ccc(C(CNC(=O)c2cnc(C)s2)c2c[nH]c3ccccc23)cc1OC. The minimum atomic E-state index is -0.117. The van der Waals surface area contributed by atoms with Crippen LogP contribution in [-0.4, -0.2) is 36.1 Å². The highest BCUT2D eigenvalue weighted by Crippen LogP contribution is 2.36. The molecule has 31 heavy (non-hydrogen) atoms. The van der Waals surface area contributed by atoms with E-state index >= 15 is 0 Å². The van der Waals surface area contributed by atoms with E-state index in [1.54, 1.807) is 13.3 Å². The summed E-state index contributed by atoms with van der Waals surface area (Å²) in [5.41, 5.74) is 3.21. The Morgan fingerprint density at radius 1 is 1.23 bits per heavy atom. The lowest BCUT2D eigenvalue weighted by atomic mass is 9.90. The molecule has 0 saturated heterocycles. The van der Waals surface area contributed by atoms with Crippen LogP contribution in [0.15, 0.2) is 54.9 Å². The Bertz CT molecular complexity index is 1200. The van der Waals surface area contributed by atoms with Gasteiger partial charge < -0.3 is 19.8 Å². The van der Waals surface area contributed by atoms with E-state index < -0.39 is 0 Å². The number of hydrogen-bond donors (Lipinski definition) is 2. The molecule has 6 nitrogen and oxygen atoms in total. The highest BCUT2D eigenvalue weighted by atomic mass is 32.1. The largest absolute Gasteiger partial charge is 0.493 e. The van der Waals surface area contributed by atoms with Gasteiger partial charge in [0.15, 0.2) is 11.5 Å². The normalized spacial score (nSPS) is 12.0. The van der Waals surface area contributed by atoms with E-state index in [-0.39, 0.29) is 11.8 Å². The highest BCUT2D eigenvalue weighted by molar-refractivity contribution is 7.13. The minimum absolute atomic E-state index is 0.0707. The van der Waals surface area contributed by atoms with Crippen LogP contribution in [0.5, 0.6) is 11.5 Å². The quantitative estimate of drug-likeness (QED) is 0.413. The van der Waals surface area contributed by atoms with E-state index in [2.05, 4.69) is 21.4 Å². The van der Waals surface area contributed by atoms with E-state index in [4.69, 9.17) is 9.47 Å². The molecule has 2 N–H and O–H groups in total. The maximum absolute atomic E-state index is 12.7. The van der Waals surface area contributed by atoms with Crippen molar-refractivity contribution in [1.29, 1.82) is 0 Å². The number of H-pyrrole nitrogens is 1. The maximum Gasteiger partial charge on any atom is 0.263 e. The maximum atomic E-state index is 12.7. The molecule has 4 aromatic rings. The fraction of sp³-hybridized carbons (Fsp3) is 0.250. The molecule has 160 valence electrons. The van der Waals surface area contributed by atoms with Crippen molar-refractivity contribution in [3.8, 4) is 11.5 Å². The molecule has 7 heteroatoms. The van der Waals surface area contributed by atoms with Gasteiger partial charge >= 0.3 is 0 Å². The molecule has 1 atom stereocenters. The molecular weight excluding hydrogens is 410 g/mol. The van der Waals surface area contributed by atoms with Crippen molar-refractivity contribution in [3.63, 3.8) is 0 Å². The van der Waals surface area contributed by atoms with Gasteiger partial charge in [-0.25, -0.2) is 4.98 Å². The zero-order chi connectivity index (χ0) is 21.8. The summed E-state index contributed by atoms with van der Waals surface area (Å²) in [6.07, 6.45) is 3.64. The van der Waals surface area contributed by atoms with Crippen LogP contribution in [0.25, 0.3) is 10.9 Å². The lowest BCUT2D eigenvalue weighted by Crippen LogP contribution is -2.28. The number of aromatic nitrogens is 2. The van der Waals surface area contributed by atoms with Gasteiger partial charge in [-0.1, -0.05) is 24.3 Å². The Morgan fingerprint density at radius 2 is 2.06 bits per heavy atom. The molecule has 0 bridgehead atoms. The molecule has 1 amide bonds. The molecular formula is C24H25N3O3S. The number of rotatable bonds is 8. The van der Waals surface area contributed by atoms with E-state index in [0.29, 0.717) is 29.5 Å². The summed E-state index contributed by atoms with van der Waals surface area (Å²) in [4.78, 5) is 20.8. The molecule has 0 radical (unpaired) electrons. The Labute approximate surface area is 185 Å². The molecule has 4 rings (SSSR count). The second-order valence-corrected chi connectivity index (χ2v) is 8.37. The number of fused-ring (bicyclic) bond motifs is 1. The first-order chi connectivity index (χ1) is 15.1. The molecule has 1 unspecified atom stereocenters. The van der Waals surface area contributed by atoms with Gasteiger partial charge in [0.2, 0.25) is 0 Å². The number of benzene rings is 2. The van der Waals surface area contributed by atoms with Crippen LogP contribution in [-0.2, 0) is 0 Å². The Kier molecular flexibility index (Phi) is 6.23. The molecule has 2 heterocycles. The predicted molar refractivity (Wildman–Crippen MR) is 123 cm³/mol. The number of nitrogens with one attached hydrogen (secondary N) is 2. The number of para-hydroxylation sites is 1. The molecule has 0 aliphatic carbocycles.